The number of aliphatic hydroxyl groups is 1. The molecule has 2 atom stereocenters. The lowest BCUT2D eigenvalue weighted by Crippen LogP contribution is -2.47. The number of rotatable bonds is 8. The third-order valence-electron chi connectivity index (χ3n) is 2.83. The molecule has 0 bridgehead atoms. The molecule has 120 valence electrons. The zero-order valence-electron chi connectivity index (χ0n) is 12.5. The third-order valence-corrected chi connectivity index (χ3v) is 2.83. The van der Waals surface area contributed by atoms with E-state index in [4.69, 9.17) is 10.5 Å². The molecule has 1 unspecified atom stereocenters. The first-order valence-electron chi connectivity index (χ1n) is 6.90. The van der Waals surface area contributed by atoms with Gasteiger partial charge in [-0.05, 0) is 24.5 Å². The second-order valence-electron chi connectivity index (χ2n) is 5.19. The van der Waals surface area contributed by atoms with Gasteiger partial charge in [0.15, 0.2) is 0 Å². The maximum Gasteiger partial charge on any atom is 0.250 e. The molecule has 4 N–H and O–H groups in total. The number of ether oxygens (including phenoxy) is 1. The normalized spacial score (nSPS) is 13.2. The molecule has 1 rings (SSSR count). The summed E-state index contributed by atoms with van der Waals surface area (Å²) in [5.74, 6) is 0.641. The Hall–Kier alpha value is -1.30. The van der Waals surface area contributed by atoms with Gasteiger partial charge in [-0.3, -0.25) is 4.79 Å². The van der Waals surface area contributed by atoms with Crippen molar-refractivity contribution in [2.24, 2.45) is 11.7 Å². The SMILES string of the molecule is CC(C)C[C@H](N)C(O)C(=O)NCCOc1ccccc1.Cl. The van der Waals surface area contributed by atoms with E-state index in [-0.39, 0.29) is 12.4 Å². The number of hydrogen-bond acceptors (Lipinski definition) is 4. The summed E-state index contributed by atoms with van der Waals surface area (Å²) in [6.45, 7) is 4.68. The van der Waals surface area contributed by atoms with Gasteiger partial charge in [-0.2, -0.15) is 0 Å². The van der Waals surface area contributed by atoms with E-state index in [1.54, 1.807) is 0 Å². The predicted molar refractivity (Wildman–Crippen MR) is 85.6 cm³/mol. The highest BCUT2D eigenvalue weighted by atomic mass is 35.5. The number of amides is 1. The van der Waals surface area contributed by atoms with Gasteiger partial charge in [0.1, 0.15) is 18.5 Å². The number of benzene rings is 1. The van der Waals surface area contributed by atoms with E-state index in [0.29, 0.717) is 25.5 Å². The monoisotopic (exact) mass is 316 g/mol. The minimum absolute atomic E-state index is 0. The second-order valence-corrected chi connectivity index (χ2v) is 5.19. The first-order valence-corrected chi connectivity index (χ1v) is 6.90. The number of carbonyl (C=O) groups excluding carboxylic acids is 1. The molecule has 1 aromatic rings. The van der Waals surface area contributed by atoms with E-state index < -0.39 is 18.1 Å². The van der Waals surface area contributed by atoms with Gasteiger partial charge >= 0.3 is 0 Å². The Labute approximate surface area is 132 Å². The Morgan fingerprint density at radius 2 is 1.95 bits per heavy atom. The van der Waals surface area contributed by atoms with Crippen molar-refractivity contribution in [2.45, 2.75) is 32.4 Å². The highest BCUT2D eigenvalue weighted by Gasteiger charge is 2.23. The van der Waals surface area contributed by atoms with E-state index in [9.17, 15) is 9.90 Å². The molecule has 1 amide bonds. The van der Waals surface area contributed by atoms with Crippen molar-refractivity contribution in [3.8, 4) is 5.75 Å². The van der Waals surface area contributed by atoms with Crippen molar-refractivity contribution in [1.82, 2.24) is 5.32 Å². The predicted octanol–water partition coefficient (Wildman–Crippen LogP) is 1.34. The number of aliphatic hydroxyl groups excluding tert-OH is 1. The molecule has 0 aliphatic rings. The largest absolute Gasteiger partial charge is 0.492 e. The van der Waals surface area contributed by atoms with Crippen LogP contribution in [0.15, 0.2) is 30.3 Å². The fourth-order valence-electron chi connectivity index (χ4n) is 1.83. The van der Waals surface area contributed by atoms with Gasteiger partial charge in [-0.1, -0.05) is 32.0 Å². The maximum atomic E-state index is 11.7. The molecule has 0 heterocycles. The van der Waals surface area contributed by atoms with Gasteiger partial charge in [-0.25, -0.2) is 0 Å². The van der Waals surface area contributed by atoms with Crippen LogP contribution in [0.2, 0.25) is 0 Å². The highest BCUT2D eigenvalue weighted by molar-refractivity contribution is 5.85. The van der Waals surface area contributed by atoms with Crippen LogP contribution in [0.1, 0.15) is 20.3 Å². The second kappa shape index (κ2) is 10.4. The highest BCUT2D eigenvalue weighted by Crippen LogP contribution is 2.08. The fraction of sp³-hybridized carbons (Fsp3) is 0.533. The van der Waals surface area contributed by atoms with Crippen LogP contribution in [0.3, 0.4) is 0 Å². The lowest BCUT2D eigenvalue weighted by molar-refractivity contribution is -0.130. The number of nitrogens with one attached hydrogen (secondary N) is 1. The van der Waals surface area contributed by atoms with Crippen LogP contribution in [-0.2, 0) is 4.79 Å². The molecule has 0 spiro atoms. The molecule has 0 aliphatic carbocycles. The molecular weight excluding hydrogens is 292 g/mol. The van der Waals surface area contributed by atoms with Crippen LogP contribution < -0.4 is 15.8 Å². The van der Waals surface area contributed by atoms with E-state index in [0.717, 1.165) is 5.75 Å². The van der Waals surface area contributed by atoms with E-state index in [1.165, 1.54) is 0 Å². The number of carbonyl (C=O) groups is 1. The Morgan fingerprint density at radius 3 is 2.52 bits per heavy atom. The minimum Gasteiger partial charge on any atom is -0.492 e. The van der Waals surface area contributed by atoms with Crippen LogP contribution in [0, 0.1) is 5.92 Å². The topological polar surface area (TPSA) is 84.6 Å². The summed E-state index contributed by atoms with van der Waals surface area (Å²) in [6, 6.07) is 8.81. The van der Waals surface area contributed by atoms with Crippen LogP contribution in [-0.4, -0.2) is 36.3 Å². The zero-order valence-corrected chi connectivity index (χ0v) is 13.3. The van der Waals surface area contributed by atoms with Crippen LogP contribution in [0.25, 0.3) is 0 Å². The van der Waals surface area contributed by atoms with Gasteiger partial charge in [0.2, 0.25) is 0 Å². The quantitative estimate of drug-likeness (QED) is 0.632. The summed E-state index contributed by atoms with van der Waals surface area (Å²) in [4.78, 5) is 11.7. The first-order chi connectivity index (χ1) is 9.50. The molecule has 6 heteroatoms. The lowest BCUT2D eigenvalue weighted by atomic mass is 10.00. The van der Waals surface area contributed by atoms with Gasteiger partial charge in [0.25, 0.3) is 5.91 Å². The van der Waals surface area contributed by atoms with Gasteiger partial charge < -0.3 is 20.9 Å². The number of halogens is 1. The van der Waals surface area contributed by atoms with Crippen molar-refractivity contribution < 1.29 is 14.6 Å². The fourth-order valence-corrected chi connectivity index (χ4v) is 1.83. The molecule has 0 radical (unpaired) electrons. The zero-order chi connectivity index (χ0) is 15.0. The van der Waals surface area contributed by atoms with Crippen LogP contribution in [0.4, 0.5) is 0 Å². The lowest BCUT2D eigenvalue weighted by Gasteiger charge is -2.19. The van der Waals surface area contributed by atoms with E-state index >= 15 is 0 Å². The summed E-state index contributed by atoms with van der Waals surface area (Å²) in [7, 11) is 0. The van der Waals surface area contributed by atoms with Crippen molar-refractivity contribution >= 4 is 18.3 Å². The molecule has 21 heavy (non-hydrogen) atoms. The summed E-state index contributed by atoms with van der Waals surface area (Å²) in [5.41, 5.74) is 5.77. The molecule has 0 aromatic heterocycles. The Balaban J connectivity index is 0.00000400. The standard InChI is InChI=1S/C15H24N2O3.ClH/c1-11(2)10-13(16)14(18)15(19)17-8-9-20-12-6-4-3-5-7-12;/h3-7,11,13-14,18H,8-10,16H2,1-2H3,(H,17,19);1H/t13-,14?;/m0./s1. The summed E-state index contributed by atoms with van der Waals surface area (Å²) < 4.78 is 5.43. The minimum atomic E-state index is -1.17. The van der Waals surface area contributed by atoms with Crippen LogP contribution in [0.5, 0.6) is 5.75 Å². The number of para-hydroxylation sites is 1. The molecule has 1 aromatic carbocycles. The molecule has 0 fully saturated rings. The molecule has 0 aliphatic heterocycles. The van der Waals surface area contributed by atoms with E-state index in [2.05, 4.69) is 5.32 Å². The van der Waals surface area contributed by atoms with Crippen molar-refractivity contribution in [3.05, 3.63) is 30.3 Å². The Kier molecular flexibility index (Phi) is 9.78. The first kappa shape index (κ1) is 19.7. The summed E-state index contributed by atoms with van der Waals surface area (Å²) in [5, 5.41) is 12.4. The smallest absolute Gasteiger partial charge is 0.250 e. The number of nitrogens with two attached hydrogens (primary N) is 1. The number of hydrogen-bond donors (Lipinski definition) is 3. The Bertz CT molecular complexity index is 401. The average Bonchev–Trinajstić information content (AvgIpc) is 2.43. The summed E-state index contributed by atoms with van der Waals surface area (Å²) >= 11 is 0. The van der Waals surface area contributed by atoms with Gasteiger partial charge in [-0.15, -0.1) is 12.4 Å². The maximum absolute atomic E-state index is 11.7. The van der Waals surface area contributed by atoms with Crippen LogP contribution >= 0.6 is 12.4 Å². The summed E-state index contributed by atoms with van der Waals surface area (Å²) in [6.07, 6.45) is -0.566. The molecule has 0 saturated carbocycles. The van der Waals surface area contributed by atoms with Gasteiger partial charge in [0.05, 0.1) is 6.54 Å². The van der Waals surface area contributed by atoms with Crippen molar-refractivity contribution in [1.29, 1.82) is 0 Å². The van der Waals surface area contributed by atoms with Gasteiger partial charge in [0, 0.05) is 6.04 Å². The molecular formula is C15H25ClN2O3. The Morgan fingerprint density at radius 1 is 1.33 bits per heavy atom. The molecule has 5 nitrogen and oxygen atoms in total. The van der Waals surface area contributed by atoms with Crippen molar-refractivity contribution in [3.63, 3.8) is 0 Å². The average molecular weight is 317 g/mol. The van der Waals surface area contributed by atoms with E-state index in [1.807, 2.05) is 44.2 Å². The van der Waals surface area contributed by atoms with Crippen molar-refractivity contribution in [2.75, 3.05) is 13.2 Å². The third kappa shape index (κ3) is 7.90. The molecule has 0 saturated heterocycles.